The summed E-state index contributed by atoms with van der Waals surface area (Å²) in [6.45, 7) is 6.07. The summed E-state index contributed by atoms with van der Waals surface area (Å²) in [6, 6.07) is 9.69. The highest BCUT2D eigenvalue weighted by molar-refractivity contribution is 5.76. The zero-order chi connectivity index (χ0) is 19.6. The molecule has 0 radical (unpaired) electrons. The van der Waals surface area contributed by atoms with E-state index in [1.165, 1.54) is 0 Å². The van der Waals surface area contributed by atoms with Crippen molar-refractivity contribution in [1.29, 1.82) is 0 Å². The van der Waals surface area contributed by atoms with Gasteiger partial charge in [-0.25, -0.2) is 0 Å². The third kappa shape index (κ3) is 3.83. The van der Waals surface area contributed by atoms with Gasteiger partial charge < -0.3 is 14.7 Å². The minimum absolute atomic E-state index is 0.0384. The van der Waals surface area contributed by atoms with E-state index in [0.717, 1.165) is 24.2 Å². The minimum atomic E-state index is -0.975. The number of aromatic nitrogens is 2. The van der Waals surface area contributed by atoms with Gasteiger partial charge in [-0.15, -0.1) is 0 Å². The molecule has 4 rings (SSSR count). The van der Waals surface area contributed by atoms with Gasteiger partial charge >= 0.3 is 0 Å². The molecule has 1 amide bonds. The number of amides is 1. The molecule has 28 heavy (non-hydrogen) atoms. The molecule has 2 saturated heterocycles. The molecule has 3 heterocycles. The van der Waals surface area contributed by atoms with Crippen molar-refractivity contribution in [2.45, 2.75) is 31.5 Å². The van der Waals surface area contributed by atoms with E-state index in [1.807, 2.05) is 48.4 Å². The number of piperidine rings is 1. The standard InChI is InChI=1S/C21H28N4O3/c1-17-13-22-25(14-17)16-20(26)24-8-7-21(27,18-5-3-2-4-6-18)19(15-24)23-9-11-28-12-10-23/h2-6,13-14,19,27H,7-12,15-16H2,1H3/t19-,21+/m1/s1. The lowest BCUT2D eigenvalue weighted by molar-refractivity contribution is -0.148. The van der Waals surface area contributed by atoms with Crippen LogP contribution in [0.25, 0.3) is 0 Å². The number of likely N-dealkylation sites (tertiary alicyclic amines) is 1. The molecule has 0 aliphatic carbocycles. The van der Waals surface area contributed by atoms with Crippen molar-refractivity contribution in [3.8, 4) is 0 Å². The first kappa shape index (κ1) is 19.1. The van der Waals surface area contributed by atoms with Gasteiger partial charge in [0, 0.05) is 32.4 Å². The van der Waals surface area contributed by atoms with E-state index < -0.39 is 5.60 Å². The van der Waals surface area contributed by atoms with Gasteiger partial charge in [0.15, 0.2) is 0 Å². The first-order valence-electron chi connectivity index (χ1n) is 9.93. The van der Waals surface area contributed by atoms with Crippen LogP contribution in [-0.2, 0) is 21.7 Å². The lowest BCUT2D eigenvalue weighted by Crippen LogP contribution is -2.63. The fraction of sp³-hybridized carbons (Fsp3) is 0.524. The van der Waals surface area contributed by atoms with Gasteiger partial charge in [0.25, 0.3) is 0 Å². The maximum atomic E-state index is 12.9. The number of ether oxygens (including phenoxy) is 1. The highest BCUT2D eigenvalue weighted by atomic mass is 16.5. The molecule has 0 spiro atoms. The summed E-state index contributed by atoms with van der Waals surface area (Å²) < 4.78 is 7.18. The number of hydrogen-bond donors (Lipinski definition) is 1. The van der Waals surface area contributed by atoms with E-state index in [-0.39, 0.29) is 18.5 Å². The molecule has 0 saturated carbocycles. The average molecular weight is 384 g/mol. The molecule has 0 bridgehead atoms. The second kappa shape index (κ2) is 8.03. The number of carbonyl (C=O) groups excluding carboxylic acids is 1. The molecular formula is C21H28N4O3. The summed E-state index contributed by atoms with van der Waals surface area (Å²) in [7, 11) is 0. The molecule has 1 N–H and O–H groups in total. The summed E-state index contributed by atoms with van der Waals surface area (Å²) in [5.74, 6) is 0.0384. The Kier molecular flexibility index (Phi) is 5.48. The molecule has 7 heteroatoms. The second-order valence-corrected chi connectivity index (χ2v) is 7.76. The molecular weight excluding hydrogens is 356 g/mol. The number of benzene rings is 1. The number of aryl methyl sites for hydroxylation is 1. The SMILES string of the molecule is Cc1cnn(CC(=O)N2CC[C@](O)(c3ccccc3)[C@H](N3CCOCC3)C2)c1. The van der Waals surface area contributed by atoms with Crippen molar-refractivity contribution in [3.63, 3.8) is 0 Å². The zero-order valence-electron chi connectivity index (χ0n) is 16.3. The number of carbonyl (C=O) groups is 1. The molecule has 2 aliphatic rings. The Labute approximate surface area is 165 Å². The maximum Gasteiger partial charge on any atom is 0.244 e. The van der Waals surface area contributed by atoms with E-state index in [4.69, 9.17) is 4.74 Å². The Morgan fingerprint density at radius 3 is 2.68 bits per heavy atom. The topological polar surface area (TPSA) is 70.8 Å². The predicted octanol–water partition coefficient (Wildman–Crippen LogP) is 1.01. The van der Waals surface area contributed by atoms with E-state index in [1.54, 1.807) is 10.9 Å². The first-order chi connectivity index (χ1) is 13.6. The summed E-state index contributed by atoms with van der Waals surface area (Å²) in [5, 5.41) is 15.9. The Morgan fingerprint density at radius 2 is 2.00 bits per heavy atom. The fourth-order valence-corrected chi connectivity index (χ4v) is 4.31. The number of rotatable bonds is 4. The highest BCUT2D eigenvalue weighted by Gasteiger charge is 2.46. The van der Waals surface area contributed by atoms with Crippen LogP contribution in [-0.4, -0.2) is 76.0 Å². The van der Waals surface area contributed by atoms with E-state index in [2.05, 4.69) is 10.00 Å². The number of hydrogen-bond acceptors (Lipinski definition) is 5. The van der Waals surface area contributed by atoms with Gasteiger partial charge in [-0.2, -0.15) is 5.10 Å². The first-order valence-corrected chi connectivity index (χ1v) is 9.93. The molecule has 0 unspecified atom stereocenters. The van der Waals surface area contributed by atoms with Crippen molar-refractivity contribution >= 4 is 5.91 Å². The van der Waals surface area contributed by atoms with Crippen molar-refractivity contribution in [2.75, 3.05) is 39.4 Å². The molecule has 2 aliphatic heterocycles. The van der Waals surface area contributed by atoms with Gasteiger partial charge in [0.1, 0.15) is 12.1 Å². The van der Waals surface area contributed by atoms with E-state index in [9.17, 15) is 9.90 Å². The lowest BCUT2D eigenvalue weighted by atomic mass is 9.79. The summed E-state index contributed by atoms with van der Waals surface area (Å²) in [6.07, 6.45) is 4.15. The predicted molar refractivity (Wildman–Crippen MR) is 105 cm³/mol. The maximum absolute atomic E-state index is 12.9. The van der Waals surface area contributed by atoms with Crippen molar-refractivity contribution in [1.82, 2.24) is 19.6 Å². The van der Waals surface area contributed by atoms with Crippen LogP contribution in [0.5, 0.6) is 0 Å². The monoisotopic (exact) mass is 384 g/mol. The molecule has 1 aromatic carbocycles. The van der Waals surface area contributed by atoms with Crippen LogP contribution in [0, 0.1) is 6.92 Å². The Hall–Kier alpha value is -2.22. The van der Waals surface area contributed by atoms with Crippen molar-refractivity contribution < 1.29 is 14.6 Å². The number of morpholine rings is 1. The minimum Gasteiger partial charge on any atom is -0.383 e. The van der Waals surface area contributed by atoms with E-state index >= 15 is 0 Å². The molecule has 2 aromatic rings. The van der Waals surface area contributed by atoms with Crippen LogP contribution in [0.3, 0.4) is 0 Å². The quantitative estimate of drug-likeness (QED) is 0.852. The summed E-state index contributed by atoms with van der Waals surface area (Å²) >= 11 is 0. The normalized spacial score (nSPS) is 26.4. The highest BCUT2D eigenvalue weighted by Crippen LogP contribution is 2.36. The Bertz CT molecular complexity index is 803. The number of aliphatic hydroxyl groups is 1. The van der Waals surface area contributed by atoms with Crippen LogP contribution < -0.4 is 0 Å². The van der Waals surface area contributed by atoms with Gasteiger partial charge in [0.05, 0.1) is 25.5 Å². The van der Waals surface area contributed by atoms with Crippen LogP contribution in [0.4, 0.5) is 0 Å². The third-order valence-corrected chi connectivity index (χ3v) is 5.88. The van der Waals surface area contributed by atoms with E-state index in [0.29, 0.717) is 32.7 Å². The van der Waals surface area contributed by atoms with Crippen LogP contribution >= 0.6 is 0 Å². The van der Waals surface area contributed by atoms with Gasteiger partial charge in [-0.05, 0) is 24.5 Å². The van der Waals surface area contributed by atoms with Gasteiger partial charge in [-0.1, -0.05) is 30.3 Å². The smallest absolute Gasteiger partial charge is 0.244 e. The molecule has 2 fully saturated rings. The summed E-state index contributed by atoms with van der Waals surface area (Å²) in [4.78, 5) is 17.0. The van der Waals surface area contributed by atoms with Gasteiger partial charge in [0.2, 0.25) is 5.91 Å². The van der Waals surface area contributed by atoms with Crippen LogP contribution in [0.1, 0.15) is 17.5 Å². The van der Waals surface area contributed by atoms with Crippen molar-refractivity contribution in [3.05, 3.63) is 53.9 Å². The number of nitrogens with zero attached hydrogens (tertiary/aromatic N) is 4. The lowest BCUT2D eigenvalue weighted by Gasteiger charge is -2.50. The molecule has 2 atom stereocenters. The molecule has 1 aromatic heterocycles. The Balaban J connectivity index is 1.55. The second-order valence-electron chi connectivity index (χ2n) is 7.76. The average Bonchev–Trinajstić information content (AvgIpc) is 3.14. The molecule has 7 nitrogen and oxygen atoms in total. The third-order valence-electron chi connectivity index (χ3n) is 5.88. The van der Waals surface area contributed by atoms with Crippen LogP contribution in [0.2, 0.25) is 0 Å². The summed E-state index contributed by atoms with van der Waals surface area (Å²) in [5.41, 5.74) is 0.981. The Morgan fingerprint density at radius 1 is 1.25 bits per heavy atom. The van der Waals surface area contributed by atoms with Crippen molar-refractivity contribution in [2.24, 2.45) is 0 Å². The zero-order valence-corrected chi connectivity index (χ0v) is 16.3. The van der Waals surface area contributed by atoms with Crippen LogP contribution in [0.15, 0.2) is 42.7 Å². The van der Waals surface area contributed by atoms with Gasteiger partial charge in [-0.3, -0.25) is 14.4 Å². The largest absolute Gasteiger partial charge is 0.383 e. The molecule has 150 valence electrons. The fourth-order valence-electron chi connectivity index (χ4n) is 4.31.